The quantitative estimate of drug-likeness (QED) is 0.793. The Morgan fingerprint density at radius 3 is 2.11 bits per heavy atom. The van der Waals surface area contributed by atoms with Crippen molar-refractivity contribution >= 4 is 15.6 Å². The van der Waals surface area contributed by atoms with Gasteiger partial charge in [0.1, 0.15) is 5.25 Å². The molecule has 0 aliphatic carbocycles. The fourth-order valence-corrected chi connectivity index (χ4v) is 2.69. The third kappa shape index (κ3) is 2.75. The van der Waals surface area contributed by atoms with Crippen LogP contribution in [-0.4, -0.2) is 24.7 Å². The summed E-state index contributed by atoms with van der Waals surface area (Å²) in [6, 6.07) is 2.59. The van der Waals surface area contributed by atoms with E-state index >= 15 is 0 Å². The van der Waals surface area contributed by atoms with E-state index in [0.717, 1.165) is 12.1 Å². The zero-order chi connectivity index (χ0) is 14.1. The maximum absolute atomic E-state index is 13.0. The molecule has 1 aromatic rings. The Balaban J connectivity index is 3.12. The van der Waals surface area contributed by atoms with E-state index < -0.39 is 37.8 Å². The van der Waals surface area contributed by atoms with Gasteiger partial charge < -0.3 is 0 Å². The zero-order valence-corrected chi connectivity index (χ0v) is 11.1. The second-order valence-electron chi connectivity index (χ2n) is 4.27. The SMILES string of the molecule is CC(C)S(=O)(=O)C(C)C(=O)c1ccc(F)c(F)c1. The van der Waals surface area contributed by atoms with Gasteiger partial charge in [-0.25, -0.2) is 17.2 Å². The van der Waals surface area contributed by atoms with Gasteiger partial charge in [-0.1, -0.05) is 0 Å². The molecule has 0 amide bonds. The molecule has 0 heterocycles. The molecule has 0 saturated heterocycles. The van der Waals surface area contributed by atoms with Crippen molar-refractivity contribution in [2.75, 3.05) is 0 Å². The van der Waals surface area contributed by atoms with E-state index in [1.807, 2.05) is 0 Å². The number of Topliss-reactive ketones (excluding diaryl/α,β-unsaturated/α-hetero) is 1. The van der Waals surface area contributed by atoms with Crippen LogP contribution in [0.15, 0.2) is 18.2 Å². The minimum Gasteiger partial charge on any atom is -0.293 e. The van der Waals surface area contributed by atoms with Crippen LogP contribution in [0.1, 0.15) is 31.1 Å². The third-order valence-corrected chi connectivity index (χ3v) is 5.24. The number of hydrogen-bond donors (Lipinski definition) is 0. The van der Waals surface area contributed by atoms with Gasteiger partial charge in [0, 0.05) is 5.56 Å². The Kier molecular flexibility index (Phi) is 4.21. The third-order valence-electron chi connectivity index (χ3n) is 2.72. The first-order valence-corrected chi connectivity index (χ1v) is 7.01. The van der Waals surface area contributed by atoms with Crippen molar-refractivity contribution in [3.8, 4) is 0 Å². The average molecular weight is 276 g/mol. The maximum Gasteiger partial charge on any atom is 0.180 e. The Morgan fingerprint density at radius 1 is 1.11 bits per heavy atom. The number of benzene rings is 1. The Labute approximate surface area is 105 Å². The Hall–Kier alpha value is -1.30. The molecule has 0 spiro atoms. The summed E-state index contributed by atoms with van der Waals surface area (Å²) in [5, 5.41) is -1.98. The van der Waals surface area contributed by atoms with Gasteiger partial charge in [0.25, 0.3) is 0 Å². The molecule has 1 aromatic carbocycles. The first kappa shape index (κ1) is 14.8. The van der Waals surface area contributed by atoms with Gasteiger partial charge in [-0.15, -0.1) is 0 Å². The topological polar surface area (TPSA) is 51.2 Å². The van der Waals surface area contributed by atoms with Crippen LogP contribution in [0.3, 0.4) is 0 Å². The molecule has 0 radical (unpaired) electrons. The van der Waals surface area contributed by atoms with Crippen molar-refractivity contribution < 1.29 is 22.0 Å². The summed E-state index contributed by atoms with van der Waals surface area (Å²) in [5.41, 5.74) is -0.148. The van der Waals surface area contributed by atoms with Crippen molar-refractivity contribution in [3.05, 3.63) is 35.4 Å². The van der Waals surface area contributed by atoms with Crippen LogP contribution >= 0.6 is 0 Å². The monoisotopic (exact) mass is 276 g/mol. The van der Waals surface area contributed by atoms with Crippen molar-refractivity contribution in [2.24, 2.45) is 0 Å². The van der Waals surface area contributed by atoms with Crippen LogP contribution in [-0.2, 0) is 9.84 Å². The first-order chi connectivity index (χ1) is 8.17. The predicted molar refractivity (Wildman–Crippen MR) is 64.2 cm³/mol. The average Bonchev–Trinajstić information content (AvgIpc) is 2.30. The predicted octanol–water partition coefficient (Wildman–Crippen LogP) is 2.36. The normalized spacial score (nSPS) is 13.7. The van der Waals surface area contributed by atoms with Gasteiger partial charge >= 0.3 is 0 Å². The molecule has 1 unspecified atom stereocenters. The van der Waals surface area contributed by atoms with Crippen LogP contribution < -0.4 is 0 Å². The summed E-state index contributed by atoms with van der Waals surface area (Å²) in [6.07, 6.45) is 0. The summed E-state index contributed by atoms with van der Waals surface area (Å²) < 4.78 is 49.3. The van der Waals surface area contributed by atoms with E-state index in [0.29, 0.717) is 6.07 Å². The molecule has 100 valence electrons. The molecular weight excluding hydrogens is 262 g/mol. The Morgan fingerprint density at radius 2 is 1.67 bits per heavy atom. The molecule has 0 aliphatic rings. The molecule has 18 heavy (non-hydrogen) atoms. The first-order valence-electron chi connectivity index (χ1n) is 5.40. The van der Waals surface area contributed by atoms with Gasteiger partial charge in [-0.2, -0.15) is 0 Å². The number of sulfone groups is 1. The second kappa shape index (κ2) is 5.14. The van der Waals surface area contributed by atoms with Gasteiger partial charge in [0.2, 0.25) is 0 Å². The molecule has 0 saturated carbocycles. The highest BCUT2D eigenvalue weighted by Gasteiger charge is 2.31. The van der Waals surface area contributed by atoms with E-state index in [1.54, 1.807) is 0 Å². The highest BCUT2D eigenvalue weighted by Crippen LogP contribution is 2.16. The lowest BCUT2D eigenvalue weighted by atomic mass is 10.1. The van der Waals surface area contributed by atoms with Crippen molar-refractivity contribution in [1.29, 1.82) is 0 Å². The summed E-state index contributed by atoms with van der Waals surface area (Å²) in [5.74, 6) is -2.98. The lowest BCUT2D eigenvalue weighted by Crippen LogP contribution is -2.33. The number of carbonyl (C=O) groups is 1. The van der Waals surface area contributed by atoms with Gasteiger partial charge in [0.05, 0.1) is 5.25 Å². The second-order valence-corrected chi connectivity index (χ2v) is 7.10. The summed E-state index contributed by atoms with van der Waals surface area (Å²) in [4.78, 5) is 11.9. The van der Waals surface area contributed by atoms with E-state index in [4.69, 9.17) is 0 Å². The fourth-order valence-electron chi connectivity index (χ4n) is 1.44. The largest absolute Gasteiger partial charge is 0.293 e. The van der Waals surface area contributed by atoms with E-state index in [9.17, 15) is 22.0 Å². The minimum atomic E-state index is -3.61. The number of ketones is 1. The lowest BCUT2D eigenvalue weighted by molar-refractivity contribution is 0.0990. The molecular formula is C12H14F2O3S. The van der Waals surface area contributed by atoms with Gasteiger partial charge in [-0.3, -0.25) is 4.79 Å². The van der Waals surface area contributed by atoms with Crippen LogP contribution in [0.25, 0.3) is 0 Å². The van der Waals surface area contributed by atoms with E-state index in [1.165, 1.54) is 20.8 Å². The number of halogens is 2. The van der Waals surface area contributed by atoms with E-state index in [-0.39, 0.29) is 5.56 Å². The zero-order valence-electron chi connectivity index (χ0n) is 10.3. The summed E-state index contributed by atoms with van der Waals surface area (Å²) in [6.45, 7) is 4.17. The molecule has 0 aromatic heterocycles. The molecule has 0 N–H and O–H groups in total. The highest BCUT2D eigenvalue weighted by atomic mass is 32.2. The maximum atomic E-state index is 13.0. The van der Waals surface area contributed by atoms with Crippen molar-refractivity contribution in [3.63, 3.8) is 0 Å². The van der Waals surface area contributed by atoms with E-state index in [2.05, 4.69) is 0 Å². The van der Waals surface area contributed by atoms with Crippen LogP contribution in [0.5, 0.6) is 0 Å². The number of carbonyl (C=O) groups excluding carboxylic acids is 1. The molecule has 0 bridgehead atoms. The summed E-state index contributed by atoms with van der Waals surface area (Å²) in [7, 11) is -3.61. The van der Waals surface area contributed by atoms with Gasteiger partial charge in [-0.05, 0) is 39.0 Å². The molecule has 1 atom stereocenters. The van der Waals surface area contributed by atoms with Gasteiger partial charge in [0.15, 0.2) is 27.3 Å². The molecule has 6 heteroatoms. The standard InChI is InChI=1S/C12H14F2O3S/c1-7(2)18(16,17)8(3)12(15)9-4-5-10(13)11(14)6-9/h4-8H,1-3H3. The molecule has 3 nitrogen and oxygen atoms in total. The highest BCUT2D eigenvalue weighted by molar-refractivity contribution is 7.93. The summed E-state index contributed by atoms with van der Waals surface area (Å²) >= 11 is 0. The molecule has 0 fully saturated rings. The number of hydrogen-bond acceptors (Lipinski definition) is 3. The van der Waals surface area contributed by atoms with Crippen molar-refractivity contribution in [2.45, 2.75) is 31.3 Å². The van der Waals surface area contributed by atoms with Crippen LogP contribution in [0.4, 0.5) is 8.78 Å². The lowest BCUT2D eigenvalue weighted by Gasteiger charge is -2.14. The van der Waals surface area contributed by atoms with Crippen molar-refractivity contribution in [1.82, 2.24) is 0 Å². The molecule has 1 rings (SSSR count). The molecule has 0 aliphatic heterocycles. The Bertz CT molecular complexity index is 565. The smallest absolute Gasteiger partial charge is 0.180 e. The van der Waals surface area contributed by atoms with Crippen LogP contribution in [0.2, 0.25) is 0 Å². The number of rotatable bonds is 4. The minimum absolute atomic E-state index is 0.148. The fraction of sp³-hybridized carbons (Fsp3) is 0.417. The van der Waals surface area contributed by atoms with Crippen LogP contribution in [0, 0.1) is 11.6 Å².